The largest absolute Gasteiger partial charge is 0.497 e. The zero-order valence-corrected chi connectivity index (χ0v) is 38.3. The third-order valence-corrected chi connectivity index (χ3v) is 16.6. The van der Waals surface area contributed by atoms with E-state index >= 15 is 4.79 Å². The average Bonchev–Trinajstić information content (AvgIpc) is 4.13. The number of nitrogens with one attached hydrogen (secondary N) is 3. The summed E-state index contributed by atoms with van der Waals surface area (Å²) >= 11 is 0. The van der Waals surface area contributed by atoms with Crippen LogP contribution in [0.3, 0.4) is 0 Å². The Labute approximate surface area is 369 Å². The molecule has 15 nitrogen and oxygen atoms in total. The molecular formula is C45H64F2N6O9S. The monoisotopic (exact) mass is 902 g/mol. The van der Waals surface area contributed by atoms with Crippen LogP contribution < -0.4 is 24.8 Å². The number of ether oxygens (including phenoxy) is 3. The van der Waals surface area contributed by atoms with E-state index in [2.05, 4.69) is 17.6 Å². The first-order valence-electron chi connectivity index (χ1n) is 22.7. The molecule has 1 aromatic heterocycles. The van der Waals surface area contributed by atoms with E-state index < -0.39 is 92.4 Å². The number of aryl methyl sites for hydroxylation is 1. The molecule has 7 rings (SSSR count). The normalized spacial score (nSPS) is 31.3. The van der Waals surface area contributed by atoms with Gasteiger partial charge in [-0.25, -0.2) is 32.0 Å². The third kappa shape index (κ3) is 9.42. The standard InChI is InChI=1S/C45H64F2N6O9S/c1-8-25-14-13-17-33-28(25)15-11-10-12-16-31-39(49-32-22-26(60-7)18-19-30(32)48-31)61-34-24-53(40(55)36(43(3,4)5)50-42(57)62-33)35(27(34)9-2)38(54)51-45(23-29(45)37(46)47)41(56)52-63(58,59)44(6)20-21-44/h18-19,22,25,27-29,33-37H,8-17,20-21,23-24H2,1-7H3,(H,50,57)(H,51,54)(H,52,56)/t25-,27+,28+,29-,33+,34-,35-,36+,45+/m0/s1. The van der Waals surface area contributed by atoms with E-state index in [0.29, 0.717) is 54.1 Å². The number of hydrogen-bond acceptors (Lipinski definition) is 11. The second kappa shape index (κ2) is 17.9. The number of fused-ring (bicyclic) bond motifs is 5. The lowest BCUT2D eigenvalue weighted by Crippen LogP contribution is -2.61. The molecule has 1 saturated heterocycles. The van der Waals surface area contributed by atoms with Crippen molar-refractivity contribution in [2.24, 2.45) is 29.1 Å². The number of aromatic nitrogens is 2. The van der Waals surface area contributed by atoms with Crippen LogP contribution in [0.4, 0.5) is 13.6 Å². The maximum Gasteiger partial charge on any atom is 0.408 e. The summed E-state index contributed by atoms with van der Waals surface area (Å²) in [5.41, 5.74) is -1.45. The Kier molecular flexibility index (Phi) is 13.3. The van der Waals surface area contributed by atoms with Gasteiger partial charge in [-0.2, -0.15) is 0 Å². The van der Waals surface area contributed by atoms with Crippen molar-refractivity contribution in [2.45, 2.75) is 166 Å². The molecule has 2 bridgehead atoms. The molecule has 0 unspecified atom stereocenters. The minimum atomic E-state index is -4.25. The molecule has 9 atom stereocenters. The van der Waals surface area contributed by atoms with Crippen molar-refractivity contribution in [3.05, 3.63) is 23.9 Å². The number of alkyl halides is 2. The molecule has 3 heterocycles. The van der Waals surface area contributed by atoms with Gasteiger partial charge in [0.2, 0.25) is 34.1 Å². The lowest BCUT2D eigenvalue weighted by atomic mass is 9.73. The molecule has 0 radical (unpaired) electrons. The highest BCUT2D eigenvalue weighted by atomic mass is 32.2. The molecule has 18 heteroatoms. The Morgan fingerprint density at radius 1 is 1.00 bits per heavy atom. The molecule has 4 fully saturated rings. The zero-order valence-electron chi connectivity index (χ0n) is 37.5. The highest BCUT2D eigenvalue weighted by Crippen LogP contribution is 2.50. The maximum absolute atomic E-state index is 15.1. The van der Waals surface area contributed by atoms with Crippen LogP contribution >= 0.6 is 0 Å². The van der Waals surface area contributed by atoms with Gasteiger partial charge in [0.25, 0.3) is 5.91 Å². The Morgan fingerprint density at radius 3 is 2.38 bits per heavy atom. The number of nitrogens with zero attached hydrogens (tertiary/aromatic N) is 3. The van der Waals surface area contributed by atoms with Crippen LogP contribution in [0.2, 0.25) is 0 Å². The summed E-state index contributed by atoms with van der Waals surface area (Å²) in [6.07, 6.45) is 2.79. The van der Waals surface area contributed by atoms with E-state index in [1.807, 2.05) is 10.8 Å². The summed E-state index contributed by atoms with van der Waals surface area (Å²) in [4.78, 5) is 68.9. The lowest BCUT2D eigenvalue weighted by Gasteiger charge is -2.39. The molecule has 4 amide bonds. The van der Waals surface area contributed by atoms with Gasteiger partial charge in [0, 0.05) is 12.0 Å². The van der Waals surface area contributed by atoms with E-state index in [4.69, 9.17) is 24.2 Å². The topological polar surface area (TPSA) is 195 Å². The summed E-state index contributed by atoms with van der Waals surface area (Å²) in [6.45, 7) is 10.6. The van der Waals surface area contributed by atoms with Crippen LogP contribution in [-0.4, -0.2) is 102 Å². The van der Waals surface area contributed by atoms with Crippen molar-refractivity contribution in [1.29, 1.82) is 0 Å². The Bertz CT molecular complexity index is 2180. The fourth-order valence-electron chi connectivity index (χ4n) is 10.1. The number of halogens is 2. The molecule has 3 aliphatic carbocycles. The first kappa shape index (κ1) is 46.6. The van der Waals surface area contributed by atoms with Crippen molar-refractivity contribution in [2.75, 3.05) is 13.7 Å². The van der Waals surface area contributed by atoms with Crippen LogP contribution in [0.1, 0.15) is 124 Å². The highest BCUT2D eigenvalue weighted by Gasteiger charge is 2.68. The van der Waals surface area contributed by atoms with Crippen LogP contribution in [0, 0.1) is 29.1 Å². The molecular weight excluding hydrogens is 839 g/mol. The molecule has 0 spiro atoms. The second-order valence-corrected chi connectivity index (χ2v) is 21.9. The van der Waals surface area contributed by atoms with E-state index in [9.17, 15) is 31.6 Å². The van der Waals surface area contributed by atoms with Crippen molar-refractivity contribution in [3.8, 4) is 11.6 Å². The number of amides is 4. The fourth-order valence-corrected chi connectivity index (χ4v) is 11.4. The van der Waals surface area contributed by atoms with Gasteiger partial charge in [-0.1, -0.05) is 53.9 Å². The van der Waals surface area contributed by atoms with Crippen molar-refractivity contribution in [3.63, 3.8) is 0 Å². The fraction of sp³-hybridized carbons (Fsp3) is 0.733. The first-order chi connectivity index (χ1) is 29.8. The number of rotatable bonds is 9. The molecule has 1 aromatic carbocycles. The Hall–Kier alpha value is -4.35. The second-order valence-electron chi connectivity index (χ2n) is 19.7. The minimum Gasteiger partial charge on any atom is -0.497 e. The molecule has 3 N–H and O–H groups in total. The predicted molar refractivity (Wildman–Crippen MR) is 229 cm³/mol. The Morgan fingerprint density at radius 2 is 1.75 bits per heavy atom. The van der Waals surface area contributed by atoms with Crippen LogP contribution in [0.25, 0.3) is 11.0 Å². The predicted octanol–water partition coefficient (Wildman–Crippen LogP) is 6.21. The van der Waals surface area contributed by atoms with E-state index in [1.54, 1.807) is 46.9 Å². The lowest BCUT2D eigenvalue weighted by molar-refractivity contribution is -0.144. The van der Waals surface area contributed by atoms with Gasteiger partial charge in [-0.3, -0.25) is 19.1 Å². The SMILES string of the molecule is CC[C@H]1CCC[C@H]2OC(=O)N[C@@H](C(C)(C)C)C(=O)N3C[C@H](Oc4nc5cc(OC)ccc5nc4CCCCC[C@H]12)[C@@H](CC)[C@H]3C(=O)N[C@]1(C(=O)NS(=O)(=O)C2(C)CC2)C[C@H]1C(F)F. The van der Waals surface area contributed by atoms with E-state index in [1.165, 1.54) is 11.8 Å². The first-order valence-corrected chi connectivity index (χ1v) is 24.2. The van der Waals surface area contributed by atoms with Gasteiger partial charge in [0.05, 0.1) is 35.4 Å². The zero-order chi connectivity index (χ0) is 45.6. The van der Waals surface area contributed by atoms with Gasteiger partial charge >= 0.3 is 6.09 Å². The average molecular weight is 903 g/mol. The molecule has 2 aromatic rings. The maximum atomic E-state index is 15.1. The Balaban J connectivity index is 1.29. The van der Waals surface area contributed by atoms with Crippen LogP contribution in [0.15, 0.2) is 18.2 Å². The summed E-state index contributed by atoms with van der Waals surface area (Å²) in [5.74, 6) is -4.00. The number of benzene rings is 1. The number of sulfonamides is 1. The van der Waals surface area contributed by atoms with Gasteiger partial charge in [0.1, 0.15) is 41.3 Å². The van der Waals surface area contributed by atoms with Gasteiger partial charge in [-0.15, -0.1) is 0 Å². The van der Waals surface area contributed by atoms with Gasteiger partial charge < -0.3 is 29.7 Å². The smallest absolute Gasteiger partial charge is 0.408 e. The van der Waals surface area contributed by atoms with Crippen molar-refractivity contribution in [1.82, 2.24) is 30.2 Å². The van der Waals surface area contributed by atoms with E-state index in [0.717, 1.165) is 44.9 Å². The summed E-state index contributed by atoms with van der Waals surface area (Å²) in [7, 11) is -2.71. The number of alkyl carbamates (subject to hydrolysis) is 1. The number of carbonyl (C=O) groups excluding carboxylic acids is 4. The van der Waals surface area contributed by atoms with Crippen molar-refractivity contribution >= 4 is 44.9 Å². The summed E-state index contributed by atoms with van der Waals surface area (Å²) in [6, 6.07) is 2.73. The third-order valence-electron chi connectivity index (χ3n) is 14.4. The van der Waals surface area contributed by atoms with Crippen LogP contribution in [-0.2, 0) is 35.6 Å². The van der Waals surface area contributed by atoms with E-state index in [-0.39, 0.29) is 30.9 Å². The number of methoxy groups -OCH3 is 1. The minimum absolute atomic E-state index is 0.135. The number of hydrogen-bond donors (Lipinski definition) is 3. The van der Waals surface area contributed by atoms with Crippen LogP contribution in [0.5, 0.6) is 11.6 Å². The van der Waals surface area contributed by atoms with Gasteiger partial charge in [-0.05, 0) is 101 Å². The quantitative estimate of drug-likeness (QED) is 0.259. The molecule has 63 heavy (non-hydrogen) atoms. The molecule has 5 aliphatic rings. The summed E-state index contributed by atoms with van der Waals surface area (Å²) < 4.78 is 74.5. The molecule has 2 aliphatic heterocycles. The van der Waals surface area contributed by atoms with Crippen molar-refractivity contribution < 1.29 is 50.6 Å². The molecule has 348 valence electrons. The number of carbonyl (C=O) groups is 4. The molecule has 3 saturated carbocycles. The van der Waals surface area contributed by atoms with Gasteiger partial charge in [0.15, 0.2) is 0 Å². The summed E-state index contributed by atoms with van der Waals surface area (Å²) in [5, 5.41) is 5.40. The highest BCUT2D eigenvalue weighted by molar-refractivity contribution is 7.91.